The second-order valence-corrected chi connectivity index (χ2v) is 10.4. The number of sulfone groups is 1. The zero-order valence-corrected chi connectivity index (χ0v) is 19.3. The molecule has 0 unspecified atom stereocenters. The van der Waals surface area contributed by atoms with E-state index in [9.17, 15) is 18.0 Å². The lowest BCUT2D eigenvalue weighted by Crippen LogP contribution is -2.50. The molecule has 5 N–H and O–H groups in total. The van der Waals surface area contributed by atoms with Crippen LogP contribution >= 0.6 is 0 Å². The standard InChI is InChI=1S/C21H22N4O5S.CH2O2/c1-20(19(27)24-28,31(2,29)30)11-12-25-14-23-17-13-15(6-7-16(17)18(25)26)5-3-4-8-21(22)9-10-21;2-1-3/h6-7,13-14,28H,9-12,22H2,1-2H3,(H,24,27);1H,(H,2,3)/t20-;/m1./s1. The van der Waals surface area contributed by atoms with Crippen molar-refractivity contribution < 1.29 is 28.3 Å². The quantitative estimate of drug-likeness (QED) is 0.189. The maximum Gasteiger partial charge on any atom is 0.290 e. The third-order valence-electron chi connectivity index (χ3n) is 5.42. The van der Waals surface area contributed by atoms with Crippen LogP contribution in [0.4, 0.5) is 0 Å². The Bertz CT molecular complexity index is 1390. The lowest BCUT2D eigenvalue weighted by molar-refractivity contribution is -0.131. The van der Waals surface area contributed by atoms with Crippen LogP contribution in [-0.4, -0.2) is 57.2 Å². The number of carbonyl (C=O) groups is 2. The summed E-state index contributed by atoms with van der Waals surface area (Å²) < 4.78 is 23.5. The monoisotopic (exact) mass is 488 g/mol. The van der Waals surface area contributed by atoms with Crippen LogP contribution in [0.3, 0.4) is 0 Å². The minimum atomic E-state index is -3.87. The number of fused-ring (bicyclic) bond motifs is 1. The van der Waals surface area contributed by atoms with Crippen molar-refractivity contribution >= 4 is 33.1 Å². The third kappa shape index (κ3) is 6.20. The van der Waals surface area contributed by atoms with Crippen molar-refractivity contribution in [3.8, 4) is 23.7 Å². The number of nitrogens with two attached hydrogens (primary N) is 1. The summed E-state index contributed by atoms with van der Waals surface area (Å²) in [5.74, 6) is 10.2. The number of carboxylic acid groups (broad SMARTS) is 1. The van der Waals surface area contributed by atoms with Gasteiger partial charge in [-0.15, -0.1) is 0 Å². The summed E-state index contributed by atoms with van der Waals surface area (Å²) in [5, 5.41) is 16.1. The molecule has 1 amide bonds. The van der Waals surface area contributed by atoms with Crippen molar-refractivity contribution in [1.29, 1.82) is 0 Å². The van der Waals surface area contributed by atoms with Crippen molar-refractivity contribution in [3.05, 3.63) is 40.4 Å². The molecule has 1 heterocycles. The number of benzene rings is 1. The van der Waals surface area contributed by atoms with Gasteiger partial charge in [0.2, 0.25) is 0 Å². The van der Waals surface area contributed by atoms with Gasteiger partial charge in [-0.1, -0.05) is 11.8 Å². The van der Waals surface area contributed by atoms with Crippen LogP contribution in [0.25, 0.3) is 10.9 Å². The zero-order chi connectivity index (χ0) is 25.6. The molecule has 3 rings (SSSR count). The maximum atomic E-state index is 12.8. The minimum absolute atomic E-state index is 0.0866. The summed E-state index contributed by atoms with van der Waals surface area (Å²) in [4.78, 5) is 37.3. The van der Waals surface area contributed by atoms with Crippen molar-refractivity contribution in [2.24, 2.45) is 5.73 Å². The Balaban J connectivity index is 0.00000129. The molecule has 1 aliphatic rings. The number of hydrogen-bond donors (Lipinski definition) is 4. The van der Waals surface area contributed by atoms with Crippen LogP contribution in [0, 0.1) is 23.7 Å². The van der Waals surface area contributed by atoms with Crippen molar-refractivity contribution in [1.82, 2.24) is 15.0 Å². The first-order valence-corrected chi connectivity index (χ1v) is 11.8. The first kappa shape index (κ1) is 26.5. The maximum absolute atomic E-state index is 12.8. The number of aromatic nitrogens is 2. The smallest absolute Gasteiger partial charge is 0.290 e. The topological polar surface area (TPSA) is 182 Å². The zero-order valence-electron chi connectivity index (χ0n) is 18.5. The van der Waals surface area contributed by atoms with E-state index in [4.69, 9.17) is 20.8 Å². The molecule has 0 radical (unpaired) electrons. The van der Waals surface area contributed by atoms with Crippen LogP contribution in [0.5, 0.6) is 0 Å². The summed E-state index contributed by atoms with van der Waals surface area (Å²) in [6.45, 7) is 0.855. The number of carbonyl (C=O) groups excluding carboxylic acids is 1. The molecule has 0 spiro atoms. The van der Waals surface area contributed by atoms with Crippen LogP contribution in [0.2, 0.25) is 0 Å². The molecule has 0 aliphatic heterocycles. The average Bonchev–Trinajstić information content (AvgIpc) is 3.52. The molecule has 11 nitrogen and oxygen atoms in total. The van der Waals surface area contributed by atoms with E-state index < -0.39 is 26.0 Å². The SMILES string of the molecule is C[C@@](CCn1cnc2cc(C#CC#CC3(N)CC3)ccc2c1=O)(C(=O)NO)S(C)(=O)=O.O=CO. The van der Waals surface area contributed by atoms with Crippen molar-refractivity contribution in [2.75, 3.05) is 6.26 Å². The Kier molecular flexibility index (Phi) is 8.18. The highest BCUT2D eigenvalue weighted by Crippen LogP contribution is 2.30. The fraction of sp³-hybridized carbons (Fsp3) is 0.364. The first-order valence-electron chi connectivity index (χ1n) is 9.94. The highest BCUT2D eigenvalue weighted by molar-refractivity contribution is 7.92. The molecule has 1 saturated carbocycles. The third-order valence-corrected chi connectivity index (χ3v) is 7.45. The fourth-order valence-corrected chi connectivity index (χ4v) is 3.68. The van der Waals surface area contributed by atoms with Gasteiger partial charge in [0.1, 0.15) is 0 Å². The van der Waals surface area contributed by atoms with Gasteiger partial charge in [0.25, 0.3) is 17.9 Å². The number of rotatable bonds is 5. The summed E-state index contributed by atoms with van der Waals surface area (Å²) in [7, 11) is -3.87. The lowest BCUT2D eigenvalue weighted by Gasteiger charge is -2.25. The Morgan fingerprint density at radius 1 is 1.38 bits per heavy atom. The van der Waals surface area contributed by atoms with Gasteiger partial charge in [-0.25, -0.2) is 18.9 Å². The molecule has 1 aromatic heterocycles. The van der Waals surface area contributed by atoms with E-state index in [1.807, 2.05) is 0 Å². The van der Waals surface area contributed by atoms with Gasteiger partial charge < -0.3 is 10.8 Å². The molecule has 1 fully saturated rings. The van der Waals surface area contributed by atoms with E-state index >= 15 is 0 Å². The van der Waals surface area contributed by atoms with Gasteiger partial charge in [-0.3, -0.25) is 24.2 Å². The highest BCUT2D eigenvalue weighted by Gasteiger charge is 2.43. The number of hydrogen-bond acceptors (Lipinski definition) is 8. The molecule has 1 aliphatic carbocycles. The summed E-state index contributed by atoms with van der Waals surface area (Å²) >= 11 is 0. The summed E-state index contributed by atoms with van der Waals surface area (Å²) in [5.41, 5.74) is 7.54. The number of amides is 1. The van der Waals surface area contributed by atoms with Crippen LogP contribution in [0.1, 0.15) is 31.7 Å². The predicted molar refractivity (Wildman–Crippen MR) is 123 cm³/mol. The molecule has 0 saturated heterocycles. The van der Waals surface area contributed by atoms with Crippen LogP contribution in [0.15, 0.2) is 29.3 Å². The molecule has 2 aromatic rings. The van der Waals surface area contributed by atoms with Gasteiger partial charge in [-0.2, -0.15) is 0 Å². The Labute approximate surface area is 195 Å². The van der Waals surface area contributed by atoms with E-state index in [-0.39, 0.29) is 25.0 Å². The predicted octanol–water partition coefficient (Wildman–Crippen LogP) is -0.358. The molecule has 12 heteroatoms. The lowest BCUT2D eigenvalue weighted by atomic mass is 10.1. The van der Waals surface area contributed by atoms with Crippen LogP contribution < -0.4 is 16.8 Å². The molecule has 34 heavy (non-hydrogen) atoms. The number of hydroxylamine groups is 1. The Hall–Kier alpha value is -3.71. The highest BCUT2D eigenvalue weighted by atomic mass is 32.2. The molecule has 1 aromatic carbocycles. The summed E-state index contributed by atoms with van der Waals surface area (Å²) in [6.07, 6.45) is 3.71. The van der Waals surface area contributed by atoms with Crippen molar-refractivity contribution in [3.63, 3.8) is 0 Å². The van der Waals surface area contributed by atoms with Gasteiger partial charge >= 0.3 is 0 Å². The second-order valence-electron chi connectivity index (χ2n) is 7.93. The second kappa shape index (κ2) is 10.5. The number of aryl methyl sites for hydroxylation is 1. The first-order chi connectivity index (χ1) is 15.9. The Morgan fingerprint density at radius 2 is 2.03 bits per heavy atom. The molecular weight excluding hydrogens is 464 g/mol. The normalized spacial score (nSPS) is 15.2. The van der Waals surface area contributed by atoms with Gasteiger partial charge in [0, 0.05) is 18.4 Å². The average molecular weight is 489 g/mol. The molecular formula is C22H24N4O7S. The van der Waals surface area contributed by atoms with E-state index in [1.165, 1.54) is 23.3 Å². The van der Waals surface area contributed by atoms with Crippen LogP contribution in [-0.2, 0) is 26.0 Å². The Morgan fingerprint density at radius 3 is 2.59 bits per heavy atom. The fourth-order valence-electron chi connectivity index (χ4n) is 2.83. The largest absolute Gasteiger partial charge is 0.483 e. The summed E-state index contributed by atoms with van der Waals surface area (Å²) in [6, 6.07) is 4.91. The van der Waals surface area contributed by atoms with E-state index in [0.717, 1.165) is 19.1 Å². The number of nitrogens with one attached hydrogen (secondary N) is 1. The number of nitrogens with zero attached hydrogens (tertiary/aromatic N) is 2. The van der Waals surface area contributed by atoms with Crippen molar-refractivity contribution in [2.45, 2.75) is 43.0 Å². The molecule has 0 bridgehead atoms. The molecule has 1 atom stereocenters. The van der Waals surface area contributed by atoms with E-state index in [0.29, 0.717) is 16.5 Å². The molecule has 180 valence electrons. The minimum Gasteiger partial charge on any atom is -0.483 e. The van der Waals surface area contributed by atoms with Gasteiger partial charge in [0.05, 0.1) is 22.8 Å². The van der Waals surface area contributed by atoms with E-state index in [2.05, 4.69) is 28.7 Å². The van der Waals surface area contributed by atoms with E-state index in [1.54, 1.807) is 18.2 Å². The van der Waals surface area contributed by atoms with Gasteiger partial charge in [-0.05, 0) is 56.2 Å². The van der Waals surface area contributed by atoms with Gasteiger partial charge in [0.15, 0.2) is 14.6 Å².